The molecule has 0 bridgehead atoms. The minimum Gasteiger partial charge on any atom is -0.340 e. The first-order valence-electron chi connectivity index (χ1n) is 8.04. The number of carbonyl (C=O) groups is 2. The van der Waals surface area contributed by atoms with E-state index in [1.165, 1.54) is 12.1 Å². The number of amides is 2. The van der Waals surface area contributed by atoms with Crippen LogP contribution in [0.5, 0.6) is 0 Å². The molecule has 0 aliphatic carbocycles. The number of carbonyl (C=O) groups excluding carboxylic acids is 2. The van der Waals surface area contributed by atoms with E-state index in [0.29, 0.717) is 12.0 Å². The normalized spacial score (nSPS) is 13.0. The number of halogens is 2. The quantitative estimate of drug-likeness (QED) is 0.806. The second-order valence-electron chi connectivity index (χ2n) is 5.82. The van der Waals surface area contributed by atoms with Crippen molar-refractivity contribution < 1.29 is 14.0 Å². The first kappa shape index (κ1) is 18.9. The molecule has 0 unspecified atom stereocenters. The Morgan fingerprint density at radius 3 is 2.44 bits per heavy atom. The molecule has 2 atom stereocenters. The van der Waals surface area contributed by atoms with Gasteiger partial charge in [0, 0.05) is 10.6 Å². The molecule has 2 aromatic rings. The summed E-state index contributed by atoms with van der Waals surface area (Å²) in [6.45, 7) is 3.77. The molecule has 2 rings (SSSR count). The van der Waals surface area contributed by atoms with Gasteiger partial charge in [-0.25, -0.2) is 4.39 Å². The van der Waals surface area contributed by atoms with Crippen LogP contribution in [-0.2, 0) is 4.79 Å². The van der Waals surface area contributed by atoms with E-state index < -0.39 is 17.8 Å². The molecule has 0 radical (unpaired) electrons. The summed E-state index contributed by atoms with van der Waals surface area (Å²) < 4.78 is 13.9. The van der Waals surface area contributed by atoms with Gasteiger partial charge in [-0.05, 0) is 36.2 Å². The standard InChI is InChI=1S/C19H20ClFN2O2/c1-3-12(2)17(23-18(24)13-7-5-4-6-8-13)19(25)22-16-10-9-14(20)11-15(16)21/h4-12,17H,3H2,1-2H3,(H,22,25)(H,23,24)/t12-,17-/m0/s1. The molecule has 0 aliphatic rings. The Bertz CT molecular complexity index is 752. The highest BCUT2D eigenvalue weighted by Crippen LogP contribution is 2.20. The SMILES string of the molecule is CC[C@H](C)[C@H](NC(=O)c1ccccc1)C(=O)Nc1ccc(Cl)cc1F. The van der Waals surface area contributed by atoms with Gasteiger partial charge in [0.2, 0.25) is 5.91 Å². The van der Waals surface area contributed by atoms with Crippen molar-refractivity contribution in [1.29, 1.82) is 0 Å². The van der Waals surface area contributed by atoms with Crippen LogP contribution >= 0.6 is 11.6 Å². The predicted molar refractivity (Wildman–Crippen MR) is 97.2 cm³/mol. The van der Waals surface area contributed by atoms with E-state index >= 15 is 0 Å². The number of hydrogen-bond donors (Lipinski definition) is 2. The van der Waals surface area contributed by atoms with E-state index in [2.05, 4.69) is 10.6 Å². The van der Waals surface area contributed by atoms with E-state index in [1.807, 2.05) is 13.8 Å². The van der Waals surface area contributed by atoms with E-state index in [-0.39, 0.29) is 22.5 Å². The molecule has 0 saturated carbocycles. The van der Waals surface area contributed by atoms with Gasteiger partial charge in [-0.15, -0.1) is 0 Å². The molecule has 6 heteroatoms. The van der Waals surface area contributed by atoms with Crippen LogP contribution in [0.1, 0.15) is 30.6 Å². The van der Waals surface area contributed by atoms with Crippen LogP contribution in [0, 0.1) is 11.7 Å². The Labute approximate surface area is 151 Å². The largest absolute Gasteiger partial charge is 0.340 e. The molecule has 25 heavy (non-hydrogen) atoms. The van der Waals surface area contributed by atoms with Crippen LogP contribution in [0.15, 0.2) is 48.5 Å². The van der Waals surface area contributed by atoms with Gasteiger partial charge in [0.1, 0.15) is 11.9 Å². The van der Waals surface area contributed by atoms with Gasteiger partial charge in [-0.1, -0.05) is 50.1 Å². The predicted octanol–water partition coefficient (Wildman–Crippen LogP) is 4.26. The van der Waals surface area contributed by atoms with E-state index in [0.717, 1.165) is 6.07 Å². The first-order chi connectivity index (χ1) is 11.9. The summed E-state index contributed by atoms with van der Waals surface area (Å²) in [4.78, 5) is 25.0. The summed E-state index contributed by atoms with van der Waals surface area (Å²) in [5.74, 6) is -1.57. The second kappa shape index (κ2) is 8.62. The third kappa shape index (κ3) is 5.03. The van der Waals surface area contributed by atoms with Crippen LogP contribution in [0.2, 0.25) is 5.02 Å². The fourth-order valence-electron chi connectivity index (χ4n) is 2.32. The highest BCUT2D eigenvalue weighted by Gasteiger charge is 2.27. The molecule has 2 aromatic carbocycles. The first-order valence-corrected chi connectivity index (χ1v) is 8.42. The van der Waals surface area contributed by atoms with Crippen molar-refractivity contribution in [3.63, 3.8) is 0 Å². The van der Waals surface area contributed by atoms with Gasteiger partial charge in [0.15, 0.2) is 0 Å². The van der Waals surface area contributed by atoms with Crippen LogP contribution in [0.25, 0.3) is 0 Å². The minimum absolute atomic E-state index is 0.0247. The van der Waals surface area contributed by atoms with Crippen LogP contribution in [0.3, 0.4) is 0 Å². The Kier molecular flexibility index (Phi) is 6.53. The van der Waals surface area contributed by atoms with Gasteiger partial charge in [0.25, 0.3) is 5.91 Å². The topological polar surface area (TPSA) is 58.2 Å². The Morgan fingerprint density at radius 1 is 1.16 bits per heavy atom. The molecule has 0 aliphatic heterocycles. The van der Waals surface area contributed by atoms with E-state index in [1.54, 1.807) is 30.3 Å². The molecule has 132 valence electrons. The third-order valence-electron chi connectivity index (χ3n) is 4.01. The maximum Gasteiger partial charge on any atom is 0.251 e. The molecular weight excluding hydrogens is 343 g/mol. The molecule has 0 aromatic heterocycles. The average Bonchev–Trinajstić information content (AvgIpc) is 2.61. The lowest BCUT2D eigenvalue weighted by molar-refractivity contribution is -0.119. The molecule has 0 heterocycles. The zero-order chi connectivity index (χ0) is 18.4. The summed E-state index contributed by atoms with van der Waals surface area (Å²) >= 11 is 5.72. The summed E-state index contributed by atoms with van der Waals surface area (Å²) in [7, 11) is 0. The smallest absolute Gasteiger partial charge is 0.251 e. The van der Waals surface area contributed by atoms with Gasteiger partial charge in [-0.2, -0.15) is 0 Å². The van der Waals surface area contributed by atoms with Crippen molar-refractivity contribution in [3.8, 4) is 0 Å². The van der Waals surface area contributed by atoms with Gasteiger partial charge in [0.05, 0.1) is 5.69 Å². The van der Waals surface area contributed by atoms with Crippen molar-refractivity contribution in [2.24, 2.45) is 5.92 Å². The molecule has 4 nitrogen and oxygen atoms in total. The summed E-state index contributed by atoms with van der Waals surface area (Å²) in [6, 6.07) is 11.8. The van der Waals surface area contributed by atoms with E-state index in [4.69, 9.17) is 11.6 Å². The lowest BCUT2D eigenvalue weighted by Gasteiger charge is -2.23. The van der Waals surface area contributed by atoms with Crippen molar-refractivity contribution in [2.45, 2.75) is 26.3 Å². The Morgan fingerprint density at radius 2 is 1.84 bits per heavy atom. The summed E-state index contributed by atoms with van der Waals surface area (Å²) in [6.07, 6.45) is 0.677. The highest BCUT2D eigenvalue weighted by atomic mass is 35.5. The lowest BCUT2D eigenvalue weighted by atomic mass is 9.97. The number of nitrogens with one attached hydrogen (secondary N) is 2. The Hall–Kier alpha value is -2.40. The number of benzene rings is 2. The van der Waals surface area contributed by atoms with E-state index in [9.17, 15) is 14.0 Å². The fourth-order valence-corrected chi connectivity index (χ4v) is 2.48. The van der Waals surface area contributed by atoms with Crippen molar-refractivity contribution in [1.82, 2.24) is 5.32 Å². The Balaban J connectivity index is 2.16. The van der Waals surface area contributed by atoms with Crippen LogP contribution in [-0.4, -0.2) is 17.9 Å². The van der Waals surface area contributed by atoms with Gasteiger partial charge >= 0.3 is 0 Å². The molecular formula is C19H20ClFN2O2. The average molecular weight is 363 g/mol. The van der Waals surface area contributed by atoms with Crippen LogP contribution in [0.4, 0.5) is 10.1 Å². The monoisotopic (exact) mass is 362 g/mol. The lowest BCUT2D eigenvalue weighted by Crippen LogP contribution is -2.47. The molecule has 0 fully saturated rings. The second-order valence-corrected chi connectivity index (χ2v) is 6.25. The van der Waals surface area contributed by atoms with Gasteiger partial charge < -0.3 is 10.6 Å². The summed E-state index contributed by atoms with van der Waals surface area (Å²) in [5.41, 5.74) is 0.484. The number of anilines is 1. The third-order valence-corrected chi connectivity index (χ3v) is 4.24. The molecule has 2 N–H and O–H groups in total. The zero-order valence-corrected chi connectivity index (χ0v) is 14.8. The maximum absolute atomic E-state index is 13.9. The number of hydrogen-bond acceptors (Lipinski definition) is 2. The van der Waals surface area contributed by atoms with Crippen molar-refractivity contribution in [3.05, 3.63) is 64.9 Å². The van der Waals surface area contributed by atoms with Gasteiger partial charge in [-0.3, -0.25) is 9.59 Å². The highest BCUT2D eigenvalue weighted by molar-refractivity contribution is 6.30. The maximum atomic E-state index is 13.9. The zero-order valence-electron chi connectivity index (χ0n) is 14.1. The minimum atomic E-state index is -0.784. The number of rotatable bonds is 6. The molecule has 0 saturated heterocycles. The fraction of sp³-hybridized carbons (Fsp3) is 0.263. The van der Waals surface area contributed by atoms with Crippen LogP contribution < -0.4 is 10.6 Å². The molecule has 0 spiro atoms. The molecule has 2 amide bonds. The van der Waals surface area contributed by atoms with Crippen molar-refractivity contribution in [2.75, 3.05) is 5.32 Å². The van der Waals surface area contributed by atoms with Crippen molar-refractivity contribution >= 4 is 29.1 Å². The summed E-state index contributed by atoms with van der Waals surface area (Å²) in [5, 5.41) is 5.50.